The fourth-order valence-corrected chi connectivity index (χ4v) is 2.49. The van der Waals surface area contributed by atoms with Crippen molar-refractivity contribution in [2.24, 2.45) is 0 Å². The minimum absolute atomic E-state index is 0.437. The average molecular weight is 324 g/mol. The predicted octanol–water partition coefficient (Wildman–Crippen LogP) is 4.02. The van der Waals surface area contributed by atoms with Gasteiger partial charge in [-0.05, 0) is 49.6 Å². The SMILES string of the molecule is CCCCc1ccc(NC(=O)C(=O)N(CC)c2ccccc2)cc1. The maximum Gasteiger partial charge on any atom is 0.316 e. The van der Waals surface area contributed by atoms with E-state index >= 15 is 0 Å². The lowest BCUT2D eigenvalue weighted by atomic mass is 10.1. The van der Waals surface area contributed by atoms with Crippen molar-refractivity contribution in [2.75, 3.05) is 16.8 Å². The van der Waals surface area contributed by atoms with E-state index in [0.717, 1.165) is 24.9 Å². The summed E-state index contributed by atoms with van der Waals surface area (Å²) in [6, 6.07) is 16.9. The van der Waals surface area contributed by atoms with Crippen molar-refractivity contribution in [1.29, 1.82) is 0 Å². The van der Waals surface area contributed by atoms with Crippen LogP contribution in [0.15, 0.2) is 54.6 Å². The molecule has 0 radical (unpaired) electrons. The van der Waals surface area contributed by atoms with E-state index in [0.29, 0.717) is 12.2 Å². The van der Waals surface area contributed by atoms with Gasteiger partial charge >= 0.3 is 11.8 Å². The number of nitrogens with zero attached hydrogens (tertiary/aromatic N) is 1. The van der Waals surface area contributed by atoms with E-state index < -0.39 is 11.8 Å². The topological polar surface area (TPSA) is 49.4 Å². The third-order valence-electron chi connectivity index (χ3n) is 3.85. The fraction of sp³-hybridized carbons (Fsp3) is 0.300. The van der Waals surface area contributed by atoms with E-state index in [9.17, 15) is 9.59 Å². The lowest BCUT2D eigenvalue weighted by Crippen LogP contribution is -2.39. The van der Waals surface area contributed by atoms with Crippen molar-refractivity contribution in [1.82, 2.24) is 0 Å². The molecule has 0 atom stereocenters. The Balaban J connectivity index is 2.01. The van der Waals surface area contributed by atoms with Gasteiger partial charge in [0, 0.05) is 17.9 Å². The van der Waals surface area contributed by atoms with E-state index in [4.69, 9.17) is 0 Å². The Morgan fingerprint density at radius 3 is 2.21 bits per heavy atom. The van der Waals surface area contributed by atoms with Crippen LogP contribution in [0.3, 0.4) is 0 Å². The summed E-state index contributed by atoms with van der Waals surface area (Å²) in [5, 5.41) is 2.68. The molecule has 0 aliphatic rings. The Labute approximate surface area is 143 Å². The first-order valence-corrected chi connectivity index (χ1v) is 8.42. The molecule has 0 aliphatic heterocycles. The highest BCUT2D eigenvalue weighted by Crippen LogP contribution is 2.15. The number of rotatable bonds is 6. The van der Waals surface area contributed by atoms with Crippen LogP contribution in [0.25, 0.3) is 0 Å². The molecular formula is C20H24N2O2. The van der Waals surface area contributed by atoms with E-state index in [1.165, 1.54) is 10.5 Å². The van der Waals surface area contributed by atoms with Crippen LogP contribution in [0, 0.1) is 0 Å². The lowest BCUT2D eigenvalue weighted by molar-refractivity contribution is -0.134. The second-order valence-electron chi connectivity index (χ2n) is 5.64. The van der Waals surface area contributed by atoms with Crippen LogP contribution >= 0.6 is 0 Å². The monoisotopic (exact) mass is 324 g/mol. The van der Waals surface area contributed by atoms with E-state index in [2.05, 4.69) is 12.2 Å². The summed E-state index contributed by atoms with van der Waals surface area (Å²) in [5.74, 6) is -1.18. The predicted molar refractivity (Wildman–Crippen MR) is 98.2 cm³/mol. The largest absolute Gasteiger partial charge is 0.318 e. The minimum atomic E-state index is -0.623. The molecule has 0 spiro atoms. The molecule has 0 heterocycles. The number of amides is 2. The summed E-state index contributed by atoms with van der Waals surface area (Å²) in [5.41, 5.74) is 2.59. The molecule has 24 heavy (non-hydrogen) atoms. The van der Waals surface area contributed by atoms with Gasteiger partial charge in [-0.1, -0.05) is 43.7 Å². The second-order valence-corrected chi connectivity index (χ2v) is 5.64. The summed E-state index contributed by atoms with van der Waals surface area (Å²) in [7, 11) is 0. The summed E-state index contributed by atoms with van der Waals surface area (Å²) in [6.07, 6.45) is 3.33. The fourth-order valence-electron chi connectivity index (χ4n) is 2.49. The summed E-state index contributed by atoms with van der Waals surface area (Å²) < 4.78 is 0. The molecule has 0 saturated heterocycles. The number of carbonyl (C=O) groups excluding carboxylic acids is 2. The zero-order valence-corrected chi connectivity index (χ0v) is 14.3. The average Bonchev–Trinajstić information content (AvgIpc) is 2.62. The van der Waals surface area contributed by atoms with Crippen LogP contribution in [0.2, 0.25) is 0 Å². The second kappa shape index (κ2) is 8.87. The van der Waals surface area contributed by atoms with Crippen molar-refractivity contribution in [2.45, 2.75) is 33.1 Å². The van der Waals surface area contributed by atoms with E-state index in [-0.39, 0.29) is 0 Å². The highest BCUT2D eigenvalue weighted by molar-refractivity contribution is 6.44. The molecule has 2 aromatic rings. The number of likely N-dealkylation sites (N-methyl/N-ethyl adjacent to an activating group) is 1. The van der Waals surface area contributed by atoms with Gasteiger partial charge in [0.15, 0.2) is 0 Å². The molecule has 2 aromatic carbocycles. The molecule has 126 valence electrons. The molecule has 1 N–H and O–H groups in total. The number of nitrogens with one attached hydrogen (secondary N) is 1. The zero-order chi connectivity index (χ0) is 17.4. The molecule has 0 aliphatic carbocycles. The number of benzene rings is 2. The molecule has 4 heteroatoms. The molecule has 0 bridgehead atoms. The van der Waals surface area contributed by atoms with Gasteiger partial charge in [0.2, 0.25) is 0 Å². The van der Waals surface area contributed by atoms with Gasteiger partial charge in [0.05, 0.1) is 0 Å². The summed E-state index contributed by atoms with van der Waals surface area (Å²) >= 11 is 0. The molecule has 0 fully saturated rings. The number of unbranched alkanes of at least 4 members (excludes halogenated alkanes) is 1. The minimum Gasteiger partial charge on any atom is -0.318 e. The van der Waals surface area contributed by atoms with Crippen molar-refractivity contribution < 1.29 is 9.59 Å². The maximum atomic E-state index is 12.4. The number of aryl methyl sites for hydroxylation is 1. The number of anilines is 2. The van der Waals surface area contributed by atoms with Gasteiger partial charge in [-0.2, -0.15) is 0 Å². The lowest BCUT2D eigenvalue weighted by Gasteiger charge is -2.20. The van der Waals surface area contributed by atoms with Gasteiger partial charge in [-0.25, -0.2) is 0 Å². The molecule has 2 rings (SSSR count). The standard InChI is InChI=1S/C20H24N2O2/c1-3-5-9-16-12-14-17(15-13-16)21-19(23)20(24)22(4-2)18-10-7-6-8-11-18/h6-8,10-15H,3-5,9H2,1-2H3,(H,21,23). The van der Waals surface area contributed by atoms with Crippen molar-refractivity contribution in [3.63, 3.8) is 0 Å². The number of carbonyl (C=O) groups is 2. The van der Waals surface area contributed by atoms with Crippen LogP contribution in [-0.4, -0.2) is 18.4 Å². The highest BCUT2D eigenvalue weighted by atomic mass is 16.2. The van der Waals surface area contributed by atoms with Crippen LogP contribution in [0.4, 0.5) is 11.4 Å². The summed E-state index contributed by atoms with van der Waals surface area (Å²) in [6.45, 7) is 4.44. The van der Waals surface area contributed by atoms with Crippen LogP contribution in [-0.2, 0) is 16.0 Å². The number of hydrogen-bond donors (Lipinski definition) is 1. The smallest absolute Gasteiger partial charge is 0.316 e. The Kier molecular flexibility index (Phi) is 6.55. The van der Waals surface area contributed by atoms with Crippen molar-refractivity contribution >= 4 is 23.2 Å². The quantitative estimate of drug-likeness (QED) is 0.816. The molecule has 0 aromatic heterocycles. The third kappa shape index (κ3) is 4.69. The Hall–Kier alpha value is -2.62. The molecule has 2 amide bonds. The van der Waals surface area contributed by atoms with Crippen LogP contribution < -0.4 is 10.2 Å². The Morgan fingerprint density at radius 2 is 1.62 bits per heavy atom. The molecular weight excluding hydrogens is 300 g/mol. The van der Waals surface area contributed by atoms with Gasteiger partial charge in [-0.3, -0.25) is 9.59 Å². The van der Waals surface area contributed by atoms with Gasteiger partial charge in [0.1, 0.15) is 0 Å². The Morgan fingerprint density at radius 1 is 0.958 bits per heavy atom. The first-order valence-electron chi connectivity index (χ1n) is 8.42. The normalized spacial score (nSPS) is 10.2. The summed E-state index contributed by atoms with van der Waals surface area (Å²) in [4.78, 5) is 26.1. The highest BCUT2D eigenvalue weighted by Gasteiger charge is 2.21. The van der Waals surface area contributed by atoms with Gasteiger partial charge in [-0.15, -0.1) is 0 Å². The Bertz CT molecular complexity index is 666. The zero-order valence-electron chi connectivity index (χ0n) is 14.3. The van der Waals surface area contributed by atoms with E-state index in [1.807, 2.05) is 61.5 Å². The molecule has 4 nitrogen and oxygen atoms in total. The van der Waals surface area contributed by atoms with Crippen molar-refractivity contribution in [3.8, 4) is 0 Å². The molecule has 0 saturated carbocycles. The first kappa shape index (κ1) is 17.7. The number of hydrogen-bond acceptors (Lipinski definition) is 2. The van der Waals surface area contributed by atoms with Crippen LogP contribution in [0.1, 0.15) is 32.3 Å². The van der Waals surface area contributed by atoms with Gasteiger partial charge < -0.3 is 10.2 Å². The molecule has 0 unspecified atom stereocenters. The van der Waals surface area contributed by atoms with Crippen molar-refractivity contribution in [3.05, 3.63) is 60.2 Å². The van der Waals surface area contributed by atoms with Crippen LogP contribution in [0.5, 0.6) is 0 Å². The number of para-hydroxylation sites is 1. The third-order valence-corrected chi connectivity index (χ3v) is 3.85. The van der Waals surface area contributed by atoms with Gasteiger partial charge in [0.25, 0.3) is 0 Å². The van der Waals surface area contributed by atoms with E-state index in [1.54, 1.807) is 0 Å². The first-order chi connectivity index (χ1) is 11.7. The maximum absolute atomic E-state index is 12.4.